The third-order valence-electron chi connectivity index (χ3n) is 14.6. The molecule has 0 amide bonds. The highest BCUT2D eigenvalue weighted by atomic mass is 32.1. The zero-order valence-corrected chi connectivity index (χ0v) is 38.2. The van der Waals surface area contributed by atoms with Crippen LogP contribution in [0.1, 0.15) is 104 Å². The molecule has 0 saturated carbocycles. The molecule has 300 valence electrons. The molecule has 4 heteroatoms. The van der Waals surface area contributed by atoms with Gasteiger partial charge in [-0.15, -0.1) is 11.3 Å². The maximum atomic E-state index is 2.72. The van der Waals surface area contributed by atoms with E-state index < -0.39 is 0 Å². The molecular weight excluding hydrogens is 756 g/mol. The molecule has 0 radical (unpaired) electrons. The number of rotatable bonds is 1. The first-order chi connectivity index (χ1) is 28.9. The van der Waals surface area contributed by atoms with Crippen molar-refractivity contribution in [2.75, 3.05) is 4.81 Å². The summed E-state index contributed by atoms with van der Waals surface area (Å²) in [4.78, 5) is 2.72. The summed E-state index contributed by atoms with van der Waals surface area (Å²) >= 11 is 1.93. The lowest BCUT2D eigenvalue weighted by molar-refractivity contribution is 0.590. The van der Waals surface area contributed by atoms with Crippen LogP contribution in [0.4, 0.5) is 11.4 Å². The Kier molecular flexibility index (Phi) is 7.24. The Hall–Kier alpha value is -5.58. The lowest BCUT2D eigenvalue weighted by Gasteiger charge is -2.44. The Morgan fingerprint density at radius 1 is 0.541 bits per heavy atom. The number of anilines is 2. The highest BCUT2D eigenvalue weighted by Crippen LogP contribution is 2.59. The highest BCUT2D eigenvalue weighted by Gasteiger charge is 2.50. The molecule has 2 aromatic heterocycles. The van der Waals surface area contributed by atoms with Gasteiger partial charge >= 0.3 is 6.85 Å². The molecule has 0 saturated heterocycles. The van der Waals surface area contributed by atoms with Crippen molar-refractivity contribution < 1.29 is 0 Å². The van der Waals surface area contributed by atoms with Crippen LogP contribution in [-0.4, -0.2) is 11.4 Å². The standard InChI is InChI=1S/C57H53BN2S/c1-54(2,3)32-20-24-35(25-21-32)60-44-27-23-34(56(7,8)9)29-40(44)50-51-48(37-17-12-14-18-41(37)57(51,10)11)49-39-28-33(55(4,5)6)22-26-43(39)59-45-30-38-36-16-13-15-19-46(36)61-47(38)31-42(45)58(60)52(50)53(49)59/h12-31H,1-11H3. The summed E-state index contributed by atoms with van der Waals surface area (Å²) in [5, 5.41) is 5.43. The summed E-state index contributed by atoms with van der Waals surface area (Å²) in [5.41, 5.74) is 21.6. The van der Waals surface area contributed by atoms with Gasteiger partial charge in [-0.25, -0.2) is 0 Å². The predicted octanol–water partition coefficient (Wildman–Crippen LogP) is 14.6. The second-order valence-corrected chi connectivity index (χ2v) is 22.9. The molecular formula is C57H53BN2S. The normalized spacial score (nSPS) is 15.2. The van der Waals surface area contributed by atoms with Gasteiger partial charge in [-0.2, -0.15) is 0 Å². The van der Waals surface area contributed by atoms with Gasteiger partial charge in [0.15, 0.2) is 0 Å². The number of hydrogen-bond acceptors (Lipinski definition) is 2. The van der Waals surface area contributed by atoms with Crippen molar-refractivity contribution in [1.82, 2.24) is 4.57 Å². The molecule has 12 rings (SSSR count). The van der Waals surface area contributed by atoms with Crippen molar-refractivity contribution in [1.29, 1.82) is 0 Å². The van der Waals surface area contributed by atoms with Gasteiger partial charge in [-0.05, 0) is 126 Å². The van der Waals surface area contributed by atoms with Gasteiger partial charge in [0.1, 0.15) is 0 Å². The first kappa shape index (κ1) is 37.2. The fourth-order valence-corrected chi connectivity index (χ4v) is 12.6. The van der Waals surface area contributed by atoms with Crippen LogP contribution in [0.2, 0.25) is 0 Å². The van der Waals surface area contributed by atoms with Gasteiger partial charge in [0.2, 0.25) is 0 Å². The molecule has 9 aromatic rings. The maximum absolute atomic E-state index is 2.72. The monoisotopic (exact) mass is 808 g/mol. The fourth-order valence-electron chi connectivity index (χ4n) is 11.4. The van der Waals surface area contributed by atoms with Crippen LogP contribution in [0.25, 0.3) is 69.9 Å². The molecule has 0 bridgehead atoms. The van der Waals surface area contributed by atoms with Gasteiger partial charge in [0.25, 0.3) is 0 Å². The molecule has 61 heavy (non-hydrogen) atoms. The second-order valence-electron chi connectivity index (χ2n) is 21.8. The Morgan fingerprint density at radius 2 is 1.20 bits per heavy atom. The van der Waals surface area contributed by atoms with Crippen molar-refractivity contribution in [3.8, 4) is 27.9 Å². The molecule has 2 nitrogen and oxygen atoms in total. The van der Waals surface area contributed by atoms with E-state index in [1.807, 2.05) is 11.3 Å². The average Bonchev–Trinajstić information content (AvgIpc) is 3.83. The maximum Gasteiger partial charge on any atom is 0.333 e. The quantitative estimate of drug-likeness (QED) is 0.150. The third kappa shape index (κ3) is 4.92. The minimum absolute atomic E-state index is 0.00212. The number of benzene rings is 7. The lowest BCUT2D eigenvalue weighted by Crippen LogP contribution is -2.61. The first-order valence-electron chi connectivity index (χ1n) is 22.2. The van der Waals surface area contributed by atoms with Crippen LogP contribution in [0, 0.1) is 0 Å². The number of thiophene rings is 1. The summed E-state index contributed by atoms with van der Waals surface area (Å²) < 4.78 is 5.38. The van der Waals surface area contributed by atoms with Crippen LogP contribution in [0.3, 0.4) is 0 Å². The zero-order chi connectivity index (χ0) is 42.3. The molecule has 7 aromatic carbocycles. The van der Waals surface area contributed by atoms with E-state index >= 15 is 0 Å². The van der Waals surface area contributed by atoms with Crippen LogP contribution in [-0.2, 0) is 21.7 Å². The Labute approximate surface area is 365 Å². The van der Waals surface area contributed by atoms with Gasteiger partial charge < -0.3 is 9.38 Å². The zero-order valence-electron chi connectivity index (χ0n) is 37.4. The van der Waals surface area contributed by atoms with E-state index in [4.69, 9.17) is 0 Å². The van der Waals surface area contributed by atoms with Crippen LogP contribution in [0.5, 0.6) is 0 Å². The van der Waals surface area contributed by atoms with Crippen LogP contribution >= 0.6 is 11.3 Å². The average molecular weight is 809 g/mol. The van der Waals surface area contributed by atoms with Gasteiger partial charge in [-0.1, -0.05) is 143 Å². The molecule has 0 spiro atoms. The Morgan fingerprint density at radius 3 is 1.93 bits per heavy atom. The van der Waals surface area contributed by atoms with Gasteiger partial charge in [0, 0.05) is 59.0 Å². The van der Waals surface area contributed by atoms with Gasteiger partial charge in [-0.3, -0.25) is 0 Å². The van der Waals surface area contributed by atoms with Crippen LogP contribution < -0.4 is 15.7 Å². The molecule has 0 fully saturated rings. The minimum Gasteiger partial charge on any atom is -0.376 e. The molecule has 1 aliphatic carbocycles. The molecule has 0 atom stereocenters. The molecule has 0 unspecified atom stereocenters. The van der Waals surface area contributed by atoms with E-state index in [-0.39, 0.29) is 28.5 Å². The topological polar surface area (TPSA) is 8.17 Å². The number of hydrogen-bond donors (Lipinski definition) is 0. The van der Waals surface area contributed by atoms with Crippen molar-refractivity contribution in [3.05, 3.63) is 149 Å². The smallest absolute Gasteiger partial charge is 0.333 e. The predicted molar refractivity (Wildman–Crippen MR) is 266 cm³/mol. The molecule has 0 N–H and O–H groups in total. The fraction of sp³-hybridized carbons (Fsp3) is 0.263. The SMILES string of the molecule is CC(C)(C)c1ccc(N2B3c4cc5sc6ccccc6c5cc4-n4c5ccc(C(C)(C)C)cc5c5c6c(c(c3c54)-c3cc(C(C)(C)C)ccc32)C(C)(C)c2ccccc2-6)cc1. The van der Waals surface area contributed by atoms with E-state index in [0.717, 1.165) is 0 Å². The molecule has 3 aliphatic rings. The first-order valence-corrected chi connectivity index (χ1v) is 23.0. The highest BCUT2D eigenvalue weighted by molar-refractivity contribution is 7.26. The number of fused-ring (bicyclic) bond motifs is 16. The molecule has 4 heterocycles. The summed E-state index contributed by atoms with van der Waals surface area (Å²) in [6.07, 6.45) is 0. The van der Waals surface area contributed by atoms with Crippen molar-refractivity contribution in [2.24, 2.45) is 0 Å². The Balaban J connectivity index is 1.34. The number of nitrogens with zero attached hydrogens (tertiary/aromatic N) is 2. The van der Waals surface area contributed by atoms with E-state index in [2.05, 4.69) is 207 Å². The summed E-state index contributed by atoms with van der Waals surface area (Å²) in [6, 6.07) is 47.8. The minimum atomic E-state index is -0.228. The second kappa shape index (κ2) is 11.9. The Bertz CT molecular complexity index is 3390. The summed E-state index contributed by atoms with van der Waals surface area (Å²) in [6.45, 7) is 26.0. The van der Waals surface area contributed by atoms with Gasteiger partial charge in [0.05, 0.1) is 11.0 Å². The van der Waals surface area contributed by atoms with E-state index in [0.29, 0.717) is 0 Å². The van der Waals surface area contributed by atoms with E-state index in [1.54, 1.807) is 0 Å². The van der Waals surface area contributed by atoms with Crippen molar-refractivity contribution in [2.45, 2.75) is 97.8 Å². The summed E-state index contributed by atoms with van der Waals surface area (Å²) in [5.74, 6) is 0. The lowest BCUT2D eigenvalue weighted by atomic mass is 9.43. The van der Waals surface area contributed by atoms with Crippen LogP contribution in [0.15, 0.2) is 121 Å². The largest absolute Gasteiger partial charge is 0.376 e. The van der Waals surface area contributed by atoms with E-state index in [9.17, 15) is 0 Å². The summed E-state index contributed by atoms with van der Waals surface area (Å²) in [7, 11) is 0. The third-order valence-corrected chi connectivity index (χ3v) is 15.7. The number of aromatic nitrogens is 1. The van der Waals surface area contributed by atoms with Crippen molar-refractivity contribution >= 4 is 82.5 Å². The molecule has 2 aliphatic heterocycles. The van der Waals surface area contributed by atoms with E-state index in [1.165, 1.54) is 120 Å². The van der Waals surface area contributed by atoms with Crippen molar-refractivity contribution in [3.63, 3.8) is 0 Å².